The minimum absolute atomic E-state index is 0.0196. The SMILES string of the molecule is C=CCNc1nc2c(s1)C[C@]1(C)CC[C@H]([C@H](C)C(=O)N(C)CC=C)[C@H](O)[C@H]1[C@@H]2C. The Hall–Kier alpha value is -1.66. The quantitative estimate of drug-likeness (QED) is 0.656. The minimum Gasteiger partial charge on any atom is -0.392 e. The van der Waals surface area contributed by atoms with Crippen molar-refractivity contribution in [1.29, 1.82) is 0 Å². The lowest BCUT2D eigenvalue weighted by molar-refractivity contribution is -0.143. The van der Waals surface area contributed by atoms with Gasteiger partial charge in [0.15, 0.2) is 5.13 Å². The Morgan fingerprint density at radius 2 is 2.21 bits per heavy atom. The van der Waals surface area contributed by atoms with E-state index in [0.29, 0.717) is 13.1 Å². The predicted octanol–water partition coefficient (Wildman–Crippen LogP) is 4.07. The van der Waals surface area contributed by atoms with Crippen molar-refractivity contribution in [3.63, 3.8) is 0 Å². The summed E-state index contributed by atoms with van der Waals surface area (Å²) in [5.41, 5.74) is 1.16. The number of carbonyl (C=O) groups excluding carboxylic acids is 1. The monoisotopic (exact) mass is 417 g/mol. The van der Waals surface area contributed by atoms with Gasteiger partial charge in [-0.25, -0.2) is 4.98 Å². The molecule has 0 saturated heterocycles. The molecule has 0 aromatic carbocycles. The number of aliphatic hydroxyl groups excluding tert-OH is 1. The van der Waals surface area contributed by atoms with Gasteiger partial charge >= 0.3 is 0 Å². The number of hydrogen-bond donors (Lipinski definition) is 2. The molecule has 29 heavy (non-hydrogen) atoms. The molecule has 0 unspecified atom stereocenters. The van der Waals surface area contributed by atoms with Gasteiger partial charge in [-0.15, -0.1) is 24.5 Å². The second-order valence-corrected chi connectivity index (χ2v) is 10.2. The molecular formula is C23H35N3O2S. The average Bonchev–Trinajstić information content (AvgIpc) is 3.08. The van der Waals surface area contributed by atoms with Gasteiger partial charge in [-0.1, -0.05) is 32.9 Å². The first-order chi connectivity index (χ1) is 13.7. The molecule has 0 bridgehead atoms. The van der Waals surface area contributed by atoms with E-state index in [0.717, 1.165) is 30.1 Å². The van der Waals surface area contributed by atoms with Gasteiger partial charge in [-0.2, -0.15) is 0 Å². The molecule has 2 N–H and O–H groups in total. The van der Waals surface area contributed by atoms with Gasteiger partial charge in [0, 0.05) is 36.9 Å². The standard InChI is InChI=1S/C23H35N3O2S/c1-7-11-24-22-25-19-15(4)18-20(27)16(14(3)21(28)26(6)12-8-2)9-10-23(18,5)13-17(19)29-22/h7-8,14-16,18,20,27H,1-2,9-13H2,3-6H3,(H,24,25)/t14-,15-,16+,18+,20-,23-/m0/s1. The molecule has 2 aliphatic rings. The van der Waals surface area contributed by atoms with Crippen LogP contribution in [0.15, 0.2) is 25.3 Å². The molecule has 5 nitrogen and oxygen atoms in total. The Morgan fingerprint density at radius 1 is 1.48 bits per heavy atom. The Bertz CT molecular complexity index is 776. The van der Waals surface area contributed by atoms with Crippen LogP contribution in [0.3, 0.4) is 0 Å². The van der Waals surface area contributed by atoms with E-state index in [1.165, 1.54) is 4.88 Å². The first-order valence-electron chi connectivity index (χ1n) is 10.6. The molecule has 0 spiro atoms. The van der Waals surface area contributed by atoms with Crippen molar-refractivity contribution in [2.45, 2.75) is 52.1 Å². The van der Waals surface area contributed by atoms with Crippen LogP contribution in [0.1, 0.15) is 50.1 Å². The summed E-state index contributed by atoms with van der Waals surface area (Å²) < 4.78 is 0. The predicted molar refractivity (Wildman–Crippen MR) is 120 cm³/mol. The van der Waals surface area contributed by atoms with E-state index < -0.39 is 6.10 Å². The van der Waals surface area contributed by atoms with Crippen molar-refractivity contribution in [2.24, 2.45) is 23.2 Å². The summed E-state index contributed by atoms with van der Waals surface area (Å²) in [4.78, 5) is 20.7. The van der Waals surface area contributed by atoms with Crippen LogP contribution in [-0.4, -0.2) is 47.1 Å². The summed E-state index contributed by atoms with van der Waals surface area (Å²) in [6, 6.07) is 0. The van der Waals surface area contributed by atoms with Gasteiger partial charge in [0.25, 0.3) is 0 Å². The lowest BCUT2D eigenvalue weighted by Gasteiger charge is -2.53. The van der Waals surface area contributed by atoms with Crippen molar-refractivity contribution in [2.75, 3.05) is 25.5 Å². The molecule has 0 radical (unpaired) electrons. The van der Waals surface area contributed by atoms with Crippen LogP contribution in [0.5, 0.6) is 0 Å². The number of hydrogen-bond acceptors (Lipinski definition) is 5. The van der Waals surface area contributed by atoms with Crippen molar-refractivity contribution in [3.05, 3.63) is 35.9 Å². The number of amides is 1. The number of likely N-dealkylation sites (N-methyl/N-ethyl adjacent to an activating group) is 1. The average molecular weight is 418 g/mol. The molecule has 3 rings (SSSR count). The fourth-order valence-electron chi connectivity index (χ4n) is 5.60. The van der Waals surface area contributed by atoms with Gasteiger partial charge < -0.3 is 15.3 Å². The Balaban J connectivity index is 1.84. The Morgan fingerprint density at radius 3 is 2.86 bits per heavy atom. The minimum atomic E-state index is -0.501. The van der Waals surface area contributed by atoms with Crippen LogP contribution in [0, 0.1) is 23.2 Å². The molecule has 1 heterocycles. The smallest absolute Gasteiger partial charge is 0.225 e. The first kappa shape index (κ1) is 22.0. The summed E-state index contributed by atoms with van der Waals surface area (Å²) in [7, 11) is 1.81. The molecule has 6 heteroatoms. The van der Waals surface area contributed by atoms with Gasteiger partial charge in [-0.05, 0) is 36.5 Å². The maximum absolute atomic E-state index is 12.8. The lowest BCUT2D eigenvalue weighted by Crippen LogP contribution is -2.53. The number of thiazole rings is 1. The fraction of sp³-hybridized carbons (Fsp3) is 0.652. The van der Waals surface area contributed by atoms with Crippen LogP contribution in [0.4, 0.5) is 5.13 Å². The maximum Gasteiger partial charge on any atom is 0.225 e. The Labute approximate surface area is 178 Å². The summed E-state index contributed by atoms with van der Waals surface area (Å²) in [6.45, 7) is 15.2. The van der Waals surface area contributed by atoms with Crippen LogP contribution in [-0.2, 0) is 11.2 Å². The third-order valence-corrected chi connectivity index (χ3v) is 8.16. The zero-order valence-electron chi connectivity index (χ0n) is 18.1. The second kappa shape index (κ2) is 8.60. The second-order valence-electron chi connectivity index (χ2n) is 9.13. The molecule has 1 fully saturated rings. The first-order valence-corrected chi connectivity index (χ1v) is 11.4. The number of aliphatic hydroxyl groups is 1. The fourth-order valence-corrected chi connectivity index (χ4v) is 6.87. The number of carbonyl (C=O) groups is 1. The molecule has 1 aromatic rings. The summed E-state index contributed by atoms with van der Waals surface area (Å²) in [6.07, 6.45) is 5.93. The van der Waals surface area contributed by atoms with Gasteiger partial charge in [0.05, 0.1) is 11.8 Å². The number of fused-ring (bicyclic) bond motifs is 2. The number of nitrogens with zero attached hydrogens (tertiary/aromatic N) is 2. The highest BCUT2D eigenvalue weighted by atomic mass is 32.1. The van der Waals surface area contributed by atoms with Crippen LogP contribution in [0.25, 0.3) is 0 Å². The Kier molecular flexibility index (Phi) is 6.54. The third kappa shape index (κ3) is 4.02. The normalized spacial score (nSPS) is 31.9. The largest absolute Gasteiger partial charge is 0.392 e. The van der Waals surface area contributed by atoms with Crippen LogP contribution >= 0.6 is 11.3 Å². The number of anilines is 1. The number of nitrogens with one attached hydrogen (secondary N) is 1. The maximum atomic E-state index is 12.8. The highest BCUT2D eigenvalue weighted by molar-refractivity contribution is 7.15. The van der Waals surface area contributed by atoms with Gasteiger partial charge in [0.1, 0.15) is 0 Å². The highest BCUT2D eigenvalue weighted by Gasteiger charge is 2.54. The van der Waals surface area contributed by atoms with E-state index in [9.17, 15) is 9.90 Å². The molecule has 1 saturated carbocycles. The zero-order valence-corrected chi connectivity index (χ0v) is 19.0. The van der Waals surface area contributed by atoms with Gasteiger partial charge in [-0.3, -0.25) is 4.79 Å². The van der Waals surface area contributed by atoms with Crippen molar-refractivity contribution in [1.82, 2.24) is 9.88 Å². The third-order valence-electron chi connectivity index (χ3n) is 7.13. The lowest BCUT2D eigenvalue weighted by atomic mass is 9.53. The number of rotatable bonds is 7. The number of aromatic nitrogens is 1. The molecule has 0 aliphatic heterocycles. The molecule has 6 atom stereocenters. The molecule has 1 aromatic heterocycles. The van der Waals surface area contributed by atoms with Crippen molar-refractivity contribution < 1.29 is 9.90 Å². The van der Waals surface area contributed by atoms with E-state index in [-0.39, 0.29) is 35.0 Å². The van der Waals surface area contributed by atoms with E-state index in [1.54, 1.807) is 22.3 Å². The topological polar surface area (TPSA) is 65.5 Å². The zero-order chi connectivity index (χ0) is 21.3. The molecular weight excluding hydrogens is 382 g/mol. The molecule has 1 amide bonds. The highest BCUT2D eigenvalue weighted by Crippen LogP contribution is 2.57. The van der Waals surface area contributed by atoms with E-state index in [1.807, 2.05) is 20.0 Å². The van der Waals surface area contributed by atoms with Crippen molar-refractivity contribution >= 4 is 22.4 Å². The van der Waals surface area contributed by atoms with E-state index in [2.05, 4.69) is 32.3 Å². The summed E-state index contributed by atoms with van der Waals surface area (Å²) >= 11 is 1.73. The van der Waals surface area contributed by atoms with E-state index in [4.69, 9.17) is 4.98 Å². The van der Waals surface area contributed by atoms with Crippen LogP contribution in [0.2, 0.25) is 0 Å². The summed E-state index contributed by atoms with van der Waals surface area (Å²) in [5.74, 6) is 0.154. The van der Waals surface area contributed by atoms with E-state index >= 15 is 0 Å². The molecule has 2 aliphatic carbocycles. The van der Waals surface area contributed by atoms with Crippen molar-refractivity contribution in [3.8, 4) is 0 Å². The molecule has 160 valence electrons. The summed E-state index contributed by atoms with van der Waals surface area (Å²) in [5, 5.41) is 15.7. The van der Waals surface area contributed by atoms with Crippen LogP contribution < -0.4 is 5.32 Å². The van der Waals surface area contributed by atoms with Gasteiger partial charge in [0.2, 0.25) is 5.91 Å².